The minimum Gasteiger partial charge on any atom is -0.394 e. The SMILES string of the molecule is OCc1cc(Cl)ccc1N1CCCCC1CO. The van der Waals surface area contributed by atoms with Crippen molar-refractivity contribution in [3.05, 3.63) is 28.8 Å². The summed E-state index contributed by atoms with van der Waals surface area (Å²) < 4.78 is 0. The molecule has 0 radical (unpaired) electrons. The molecule has 1 aromatic rings. The molecule has 1 fully saturated rings. The van der Waals surface area contributed by atoms with Gasteiger partial charge in [0, 0.05) is 22.8 Å². The highest BCUT2D eigenvalue weighted by Gasteiger charge is 2.23. The van der Waals surface area contributed by atoms with Crippen molar-refractivity contribution in [3.63, 3.8) is 0 Å². The van der Waals surface area contributed by atoms with Crippen LogP contribution in [0.1, 0.15) is 24.8 Å². The standard InChI is InChI=1S/C13H18ClNO2/c14-11-4-5-13(10(7-11)8-16)15-6-2-1-3-12(15)9-17/h4-5,7,12,16-17H,1-3,6,8-9H2. The number of anilines is 1. The third-order valence-electron chi connectivity index (χ3n) is 3.36. The van der Waals surface area contributed by atoms with E-state index in [-0.39, 0.29) is 19.3 Å². The minimum absolute atomic E-state index is 0.0233. The monoisotopic (exact) mass is 255 g/mol. The van der Waals surface area contributed by atoms with Crippen molar-refractivity contribution in [2.24, 2.45) is 0 Å². The maximum absolute atomic E-state index is 9.41. The molecule has 1 unspecified atom stereocenters. The van der Waals surface area contributed by atoms with E-state index in [0.29, 0.717) is 5.02 Å². The number of hydrogen-bond acceptors (Lipinski definition) is 3. The van der Waals surface area contributed by atoms with Crippen LogP contribution in [0.25, 0.3) is 0 Å². The topological polar surface area (TPSA) is 43.7 Å². The van der Waals surface area contributed by atoms with Crippen LogP contribution in [0.5, 0.6) is 0 Å². The molecule has 17 heavy (non-hydrogen) atoms. The van der Waals surface area contributed by atoms with Crippen molar-refractivity contribution in [2.45, 2.75) is 31.9 Å². The molecule has 0 aromatic heterocycles. The summed E-state index contributed by atoms with van der Waals surface area (Å²) >= 11 is 5.93. The molecule has 1 heterocycles. The summed E-state index contributed by atoms with van der Waals surface area (Å²) in [6.07, 6.45) is 3.29. The van der Waals surface area contributed by atoms with Crippen LogP contribution in [0.2, 0.25) is 5.02 Å². The van der Waals surface area contributed by atoms with E-state index < -0.39 is 0 Å². The van der Waals surface area contributed by atoms with Gasteiger partial charge in [-0.25, -0.2) is 0 Å². The summed E-state index contributed by atoms with van der Waals surface area (Å²) in [4.78, 5) is 2.19. The number of halogens is 1. The summed E-state index contributed by atoms with van der Waals surface area (Å²) in [5.41, 5.74) is 1.83. The van der Waals surface area contributed by atoms with Gasteiger partial charge in [0.05, 0.1) is 19.3 Å². The van der Waals surface area contributed by atoms with E-state index in [4.69, 9.17) is 11.6 Å². The second-order valence-corrected chi connectivity index (χ2v) is 4.89. The summed E-state index contributed by atoms with van der Waals surface area (Å²) in [6, 6.07) is 5.72. The van der Waals surface area contributed by atoms with Gasteiger partial charge in [0.15, 0.2) is 0 Å². The summed E-state index contributed by atoms with van der Waals surface area (Å²) in [5.74, 6) is 0. The molecule has 0 amide bonds. The molecule has 1 aliphatic rings. The van der Waals surface area contributed by atoms with Gasteiger partial charge in [0.1, 0.15) is 0 Å². The Bertz CT molecular complexity index is 384. The maximum Gasteiger partial charge on any atom is 0.0702 e. The van der Waals surface area contributed by atoms with Crippen LogP contribution >= 0.6 is 11.6 Å². The Labute approximate surface area is 107 Å². The van der Waals surface area contributed by atoms with Gasteiger partial charge in [-0.05, 0) is 37.5 Å². The Kier molecular flexibility index (Phi) is 4.26. The normalized spacial score (nSPS) is 20.6. The highest BCUT2D eigenvalue weighted by atomic mass is 35.5. The largest absolute Gasteiger partial charge is 0.394 e. The molecule has 0 saturated carbocycles. The molecule has 0 bridgehead atoms. The van der Waals surface area contributed by atoms with Crippen LogP contribution in [0.3, 0.4) is 0 Å². The highest BCUT2D eigenvalue weighted by molar-refractivity contribution is 6.30. The molecule has 1 atom stereocenters. The van der Waals surface area contributed by atoms with Gasteiger partial charge in [-0.15, -0.1) is 0 Å². The number of hydrogen-bond donors (Lipinski definition) is 2. The molecule has 3 nitrogen and oxygen atoms in total. The van der Waals surface area contributed by atoms with E-state index >= 15 is 0 Å². The molecule has 4 heteroatoms. The molecular formula is C13H18ClNO2. The molecular weight excluding hydrogens is 238 g/mol. The molecule has 0 spiro atoms. The number of nitrogens with zero attached hydrogens (tertiary/aromatic N) is 1. The average Bonchev–Trinajstić information content (AvgIpc) is 2.38. The van der Waals surface area contributed by atoms with Gasteiger partial charge in [-0.2, -0.15) is 0 Å². The van der Waals surface area contributed by atoms with E-state index in [0.717, 1.165) is 37.1 Å². The summed E-state index contributed by atoms with van der Waals surface area (Å²) in [6.45, 7) is 1.07. The molecule has 2 N–H and O–H groups in total. The lowest BCUT2D eigenvalue weighted by Gasteiger charge is -2.37. The molecule has 0 aliphatic carbocycles. The van der Waals surface area contributed by atoms with Crippen LogP contribution in [0, 0.1) is 0 Å². The van der Waals surface area contributed by atoms with Gasteiger partial charge >= 0.3 is 0 Å². The first-order chi connectivity index (χ1) is 8.26. The van der Waals surface area contributed by atoms with Crippen LogP contribution in [0.15, 0.2) is 18.2 Å². The lowest BCUT2D eigenvalue weighted by Crippen LogP contribution is -2.42. The zero-order chi connectivity index (χ0) is 12.3. The second kappa shape index (κ2) is 5.71. The van der Waals surface area contributed by atoms with E-state index in [2.05, 4.69) is 4.90 Å². The minimum atomic E-state index is -0.0233. The van der Waals surface area contributed by atoms with E-state index in [1.807, 2.05) is 12.1 Å². The van der Waals surface area contributed by atoms with Crippen LogP contribution in [0.4, 0.5) is 5.69 Å². The first-order valence-electron chi connectivity index (χ1n) is 6.03. The van der Waals surface area contributed by atoms with E-state index in [9.17, 15) is 10.2 Å². The quantitative estimate of drug-likeness (QED) is 0.870. The Hall–Kier alpha value is -0.770. The lowest BCUT2D eigenvalue weighted by molar-refractivity contribution is 0.238. The zero-order valence-electron chi connectivity index (χ0n) is 9.77. The van der Waals surface area contributed by atoms with Crippen molar-refractivity contribution in [1.29, 1.82) is 0 Å². The van der Waals surface area contributed by atoms with Crippen LogP contribution in [-0.2, 0) is 6.61 Å². The summed E-state index contributed by atoms with van der Waals surface area (Å²) in [5, 5.41) is 19.4. The second-order valence-electron chi connectivity index (χ2n) is 4.46. The van der Waals surface area contributed by atoms with Crippen molar-refractivity contribution >= 4 is 17.3 Å². The fourth-order valence-corrected chi connectivity index (χ4v) is 2.66. The third kappa shape index (κ3) is 2.73. The Balaban J connectivity index is 2.30. The van der Waals surface area contributed by atoms with Crippen molar-refractivity contribution in [1.82, 2.24) is 0 Å². The highest BCUT2D eigenvalue weighted by Crippen LogP contribution is 2.29. The maximum atomic E-state index is 9.41. The molecule has 1 aromatic carbocycles. The number of aliphatic hydroxyl groups is 2. The van der Waals surface area contributed by atoms with Crippen molar-refractivity contribution in [2.75, 3.05) is 18.1 Å². The van der Waals surface area contributed by atoms with Gasteiger partial charge in [0.25, 0.3) is 0 Å². The van der Waals surface area contributed by atoms with Crippen molar-refractivity contribution in [3.8, 4) is 0 Å². The molecule has 1 aliphatic heterocycles. The Morgan fingerprint density at radius 1 is 1.29 bits per heavy atom. The van der Waals surface area contributed by atoms with E-state index in [1.165, 1.54) is 0 Å². The predicted molar refractivity (Wildman–Crippen MR) is 69.4 cm³/mol. The number of rotatable bonds is 3. The van der Waals surface area contributed by atoms with E-state index in [1.54, 1.807) is 6.07 Å². The zero-order valence-corrected chi connectivity index (χ0v) is 10.5. The molecule has 2 rings (SSSR count). The third-order valence-corrected chi connectivity index (χ3v) is 3.59. The Morgan fingerprint density at radius 3 is 2.82 bits per heavy atom. The van der Waals surface area contributed by atoms with Gasteiger partial charge in [0.2, 0.25) is 0 Å². The average molecular weight is 256 g/mol. The first kappa shape index (κ1) is 12.7. The number of aliphatic hydroxyl groups excluding tert-OH is 2. The van der Waals surface area contributed by atoms with Crippen molar-refractivity contribution < 1.29 is 10.2 Å². The lowest BCUT2D eigenvalue weighted by atomic mass is 10.0. The van der Waals surface area contributed by atoms with Crippen LogP contribution in [-0.4, -0.2) is 29.4 Å². The van der Waals surface area contributed by atoms with Gasteiger partial charge in [-0.3, -0.25) is 0 Å². The van der Waals surface area contributed by atoms with Gasteiger partial charge < -0.3 is 15.1 Å². The smallest absolute Gasteiger partial charge is 0.0702 e. The fraction of sp³-hybridized carbons (Fsp3) is 0.538. The molecule has 94 valence electrons. The fourth-order valence-electron chi connectivity index (χ4n) is 2.47. The predicted octanol–water partition coefficient (Wildman–Crippen LogP) is 2.18. The Morgan fingerprint density at radius 2 is 2.12 bits per heavy atom. The first-order valence-corrected chi connectivity index (χ1v) is 6.41. The van der Waals surface area contributed by atoms with Gasteiger partial charge in [-0.1, -0.05) is 11.6 Å². The number of piperidine rings is 1. The number of benzene rings is 1. The molecule has 1 saturated heterocycles. The summed E-state index contributed by atoms with van der Waals surface area (Å²) in [7, 11) is 0. The van der Waals surface area contributed by atoms with Crippen LogP contribution < -0.4 is 4.90 Å².